The second-order valence-corrected chi connectivity index (χ2v) is 8.57. The quantitative estimate of drug-likeness (QED) is 0.854. The van der Waals surface area contributed by atoms with Gasteiger partial charge in [-0.25, -0.2) is 0 Å². The van der Waals surface area contributed by atoms with Crippen molar-refractivity contribution in [3.8, 4) is 11.5 Å². The van der Waals surface area contributed by atoms with Crippen molar-refractivity contribution in [3.63, 3.8) is 0 Å². The zero-order chi connectivity index (χ0) is 17.1. The third kappa shape index (κ3) is 2.29. The molecule has 0 N–H and O–H groups in total. The van der Waals surface area contributed by atoms with Gasteiger partial charge in [-0.1, -0.05) is 13.8 Å². The highest BCUT2D eigenvalue weighted by Crippen LogP contribution is 2.63. The summed E-state index contributed by atoms with van der Waals surface area (Å²) in [5.74, 6) is 2.08. The molecule has 1 aliphatic carbocycles. The maximum absolute atomic E-state index is 13.0. The summed E-state index contributed by atoms with van der Waals surface area (Å²) < 4.78 is 10.7. The molecular formula is C19H26N2O3. The van der Waals surface area contributed by atoms with Crippen LogP contribution in [0.25, 0.3) is 0 Å². The number of carbonyl (C=O) groups is 1. The van der Waals surface area contributed by atoms with Crippen LogP contribution in [0.15, 0.2) is 18.2 Å². The third-order valence-corrected chi connectivity index (χ3v) is 5.94. The zero-order valence-corrected chi connectivity index (χ0v) is 15.0. The van der Waals surface area contributed by atoms with Gasteiger partial charge in [0.25, 0.3) is 5.91 Å². The van der Waals surface area contributed by atoms with Gasteiger partial charge in [-0.05, 0) is 50.0 Å². The molecule has 2 aliphatic heterocycles. The van der Waals surface area contributed by atoms with E-state index in [-0.39, 0.29) is 18.1 Å². The fraction of sp³-hybridized carbons (Fsp3) is 0.632. The molecule has 1 aromatic rings. The van der Waals surface area contributed by atoms with Gasteiger partial charge in [-0.15, -0.1) is 0 Å². The number of rotatable bonds is 3. The molecule has 24 heavy (non-hydrogen) atoms. The van der Waals surface area contributed by atoms with Crippen LogP contribution < -0.4 is 9.47 Å². The Kier molecular flexibility index (Phi) is 3.36. The fourth-order valence-electron chi connectivity index (χ4n) is 5.34. The van der Waals surface area contributed by atoms with Gasteiger partial charge in [0.1, 0.15) is 0 Å². The SMILES string of the molecule is CN(C)C[C@@]12CN(C(=O)c3ccc4c(c3)OCO4)C[C@@H]1C(C)(C)C2. The molecule has 2 fully saturated rings. The molecular weight excluding hydrogens is 304 g/mol. The minimum atomic E-state index is 0.108. The van der Waals surface area contributed by atoms with Crippen LogP contribution in [0.4, 0.5) is 0 Å². The summed E-state index contributed by atoms with van der Waals surface area (Å²) in [4.78, 5) is 17.3. The number of amides is 1. The Morgan fingerprint density at radius 2 is 2.04 bits per heavy atom. The molecule has 5 heteroatoms. The van der Waals surface area contributed by atoms with Crippen LogP contribution >= 0.6 is 0 Å². The molecule has 0 unspecified atom stereocenters. The minimum Gasteiger partial charge on any atom is -0.454 e. The van der Waals surface area contributed by atoms with Crippen molar-refractivity contribution in [2.75, 3.05) is 40.5 Å². The normalized spacial score (nSPS) is 29.5. The summed E-state index contributed by atoms with van der Waals surface area (Å²) >= 11 is 0. The molecule has 1 saturated heterocycles. The highest BCUT2D eigenvalue weighted by atomic mass is 16.7. The van der Waals surface area contributed by atoms with E-state index in [9.17, 15) is 4.79 Å². The Hall–Kier alpha value is -1.75. The van der Waals surface area contributed by atoms with Crippen molar-refractivity contribution < 1.29 is 14.3 Å². The summed E-state index contributed by atoms with van der Waals surface area (Å²) in [6.45, 7) is 7.66. The van der Waals surface area contributed by atoms with Gasteiger partial charge in [-0.3, -0.25) is 4.79 Å². The van der Waals surface area contributed by atoms with Crippen LogP contribution in [0.2, 0.25) is 0 Å². The summed E-state index contributed by atoms with van der Waals surface area (Å²) in [7, 11) is 4.25. The van der Waals surface area contributed by atoms with E-state index in [1.165, 1.54) is 6.42 Å². The van der Waals surface area contributed by atoms with Gasteiger partial charge in [0, 0.05) is 30.6 Å². The lowest BCUT2D eigenvalue weighted by Gasteiger charge is -2.57. The maximum Gasteiger partial charge on any atom is 0.254 e. The molecule has 0 bridgehead atoms. The number of fused-ring (bicyclic) bond motifs is 2. The second-order valence-electron chi connectivity index (χ2n) is 8.57. The maximum atomic E-state index is 13.0. The molecule has 1 amide bonds. The minimum absolute atomic E-state index is 0.108. The van der Waals surface area contributed by atoms with Crippen molar-refractivity contribution in [2.24, 2.45) is 16.7 Å². The average Bonchev–Trinajstić information content (AvgIpc) is 3.07. The lowest BCUT2D eigenvalue weighted by Crippen LogP contribution is -2.57. The van der Waals surface area contributed by atoms with Crippen LogP contribution in [0.5, 0.6) is 11.5 Å². The smallest absolute Gasteiger partial charge is 0.254 e. The van der Waals surface area contributed by atoms with E-state index in [4.69, 9.17) is 9.47 Å². The largest absolute Gasteiger partial charge is 0.454 e. The molecule has 2 heterocycles. The summed E-state index contributed by atoms with van der Waals surface area (Å²) in [5.41, 5.74) is 1.26. The van der Waals surface area contributed by atoms with Crippen molar-refractivity contribution >= 4 is 5.91 Å². The van der Waals surface area contributed by atoms with E-state index in [0.717, 1.165) is 25.4 Å². The van der Waals surface area contributed by atoms with E-state index in [1.54, 1.807) is 0 Å². The number of carbonyl (C=O) groups excluding carboxylic acids is 1. The number of hydrogen-bond donors (Lipinski definition) is 0. The molecule has 2 atom stereocenters. The first-order valence-corrected chi connectivity index (χ1v) is 8.64. The van der Waals surface area contributed by atoms with Crippen LogP contribution in [0, 0.1) is 16.7 Å². The predicted octanol–water partition coefficient (Wildman–Crippen LogP) is 2.47. The number of ether oxygens (including phenoxy) is 2. The Bertz CT molecular complexity index is 681. The topological polar surface area (TPSA) is 42.0 Å². The van der Waals surface area contributed by atoms with E-state index >= 15 is 0 Å². The molecule has 5 nitrogen and oxygen atoms in total. The van der Waals surface area contributed by atoms with E-state index < -0.39 is 0 Å². The third-order valence-electron chi connectivity index (χ3n) is 5.94. The van der Waals surface area contributed by atoms with Gasteiger partial charge in [0.15, 0.2) is 11.5 Å². The van der Waals surface area contributed by atoms with E-state index in [2.05, 4.69) is 32.8 Å². The van der Waals surface area contributed by atoms with Gasteiger partial charge in [-0.2, -0.15) is 0 Å². The Morgan fingerprint density at radius 3 is 2.75 bits per heavy atom. The first kappa shape index (κ1) is 15.8. The molecule has 1 saturated carbocycles. The van der Waals surface area contributed by atoms with Crippen molar-refractivity contribution in [1.82, 2.24) is 9.80 Å². The lowest BCUT2D eigenvalue weighted by molar-refractivity contribution is -0.0789. The van der Waals surface area contributed by atoms with Crippen molar-refractivity contribution in [3.05, 3.63) is 23.8 Å². The van der Waals surface area contributed by atoms with Crippen LogP contribution in [0.3, 0.4) is 0 Å². The highest BCUT2D eigenvalue weighted by molar-refractivity contribution is 5.95. The standard InChI is InChI=1S/C19H26N2O3/c1-18(2)9-19(10-20(3)4)11-21(8-16(18)19)17(22)13-5-6-14-15(7-13)24-12-23-14/h5-7,16H,8-12H2,1-4H3/t16-,19+/m1/s1. The Morgan fingerprint density at radius 1 is 1.29 bits per heavy atom. The fourth-order valence-corrected chi connectivity index (χ4v) is 5.34. The van der Waals surface area contributed by atoms with Gasteiger partial charge < -0.3 is 19.3 Å². The number of likely N-dealkylation sites (tertiary alicyclic amines) is 1. The van der Waals surface area contributed by atoms with Crippen LogP contribution in [-0.2, 0) is 0 Å². The van der Waals surface area contributed by atoms with Crippen LogP contribution in [-0.4, -0.2) is 56.2 Å². The number of nitrogens with zero attached hydrogens (tertiary/aromatic N) is 2. The molecule has 3 aliphatic rings. The monoisotopic (exact) mass is 330 g/mol. The van der Waals surface area contributed by atoms with Crippen molar-refractivity contribution in [1.29, 1.82) is 0 Å². The summed E-state index contributed by atoms with van der Waals surface area (Å²) in [6.07, 6.45) is 1.19. The molecule has 1 aromatic carbocycles. The first-order valence-electron chi connectivity index (χ1n) is 8.64. The summed E-state index contributed by atoms with van der Waals surface area (Å²) in [6, 6.07) is 5.49. The van der Waals surface area contributed by atoms with Gasteiger partial charge in [0.05, 0.1) is 0 Å². The zero-order valence-electron chi connectivity index (χ0n) is 15.0. The average molecular weight is 330 g/mol. The highest BCUT2D eigenvalue weighted by Gasteiger charge is 2.63. The second kappa shape index (κ2) is 5.12. The first-order chi connectivity index (χ1) is 11.3. The number of hydrogen-bond acceptors (Lipinski definition) is 4. The van der Waals surface area contributed by atoms with Gasteiger partial charge in [0.2, 0.25) is 6.79 Å². The predicted molar refractivity (Wildman–Crippen MR) is 91.3 cm³/mol. The molecule has 4 rings (SSSR count). The Balaban J connectivity index is 1.56. The molecule has 0 aromatic heterocycles. The Labute approximate surface area is 143 Å². The number of benzene rings is 1. The molecule has 130 valence electrons. The van der Waals surface area contributed by atoms with Crippen LogP contribution in [0.1, 0.15) is 30.6 Å². The van der Waals surface area contributed by atoms with E-state index in [1.807, 2.05) is 23.1 Å². The van der Waals surface area contributed by atoms with E-state index in [0.29, 0.717) is 22.6 Å². The van der Waals surface area contributed by atoms with Crippen molar-refractivity contribution in [2.45, 2.75) is 20.3 Å². The lowest BCUT2D eigenvalue weighted by atomic mass is 9.48. The molecule has 0 radical (unpaired) electrons. The summed E-state index contributed by atoms with van der Waals surface area (Å²) in [5, 5.41) is 0. The van der Waals surface area contributed by atoms with Gasteiger partial charge >= 0.3 is 0 Å². The molecule has 0 spiro atoms.